The van der Waals surface area contributed by atoms with Gasteiger partial charge in [-0.3, -0.25) is 9.53 Å². The smallest absolute Gasteiger partial charge is 0.303 e. The van der Waals surface area contributed by atoms with Crippen LogP contribution >= 0.6 is 11.3 Å². The molecule has 236 valence electrons. The Balaban J connectivity index is 1.62. The van der Waals surface area contributed by atoms with E-state index in [4.69, 9.17) is 16.8 Å². The van der Waals surface area contributed by atoms with Gasteiger partial charge in [0.1, 0.15) is 12.4 Å². The predicted molar refractivity (Wildman–Crippen MR) is 166 cm³/mol. The number of benzene rings is 1. The summed E-state index contributed by atoms with van der Waals surface area (Å²) in [5.41, 5.74) is 9.08. The van der Waals surface area contributed by atoms with Gasteiger partial charge in [-0.2, -0.15) is 5.10 Å². The lowest BCUT2D eigenvalue weighted by atomic mass is 10.0. The number of anilines is 1. The number of hydrogen-bond donors (Lipinski definition) is 0. The van der Waals surface area contributed by atoms with Crippen LogP contribution in [0.3, 0.4) is 0 Å². The van der Waals surface area contributed by atoms with E-state index in [0.717, 1.165) is 10.3 Å². The Hall–Kier alpha value is -3.20. The number of ether oxygens (including phenoxy) is 1. The van der Waals surface area contributed by atoms with E-state index < -0.39 is 35.2 Å². The molecule has 2 aliphatic rings. The summed E-state index contributed by atoms with van der Waals surface area (Å²) in [4.78, 5) is 8.59. The van der Waals surface area contributed by atoms with Crippen LogP contribution in [-0.2, 0) is 21.8 Å². The van der Waals surface area contributed by atoms with E-state index in [-0.39, 0.29) is 28.4 Å². The van der Waals surface area contributed by atoms with E-state index in [0.29, 0.717) is 73.3 Å². The molecule has 0 bridgehead atoms. The minimum atomic E-state index is -4.27. The van der Waals surface area contributed by atoms with Crippen molar-refractivity contribution in [1.82, 2.24) is 24.3 Å². The number of piperidine rings is 1. The van der Waals surface area contributed by atoms with Gasteiger partial charge in [-0.1, -0.05) is 40.4 Å². The van der Waals surface area contributed by atoms with Crippen molar-refractivity contribution >= 4 is 46.0 Å². The average Bonchev–Trinajstić information content (AvgIpc) is 3.45. The molecule has 2 fully saturated rings. The van der Waals surface area contributed by atoms with Crippen molar-refractivity contribution in [2.75, 3.05) is 31.3 Å². The summed E-state index contributed by atoms with van der Waals surface area (Å²) in [7, 11) is -4.01. The number of rotatable bonds is 12. The number of sulfonamides is 1. The molecular formula is C26H34F2N10O3S2Si. The maximum atomic E-state index is 14.4. The van der Waals surface area contributed by atoms with Crippen molar-refractivity contribution in [3.63, 3.8) is 0 Å². The molecule has 1 aliphatic carbocycles. The molecule has 18 heteroatoms. The van der Waals surface area contributed by atoms with E-state index in [1.807, 2.05) is 4.90 Å². The number of hydrogen-bond acceptors (Lipinski definition) is 9. The van der Waals surface area contributed by atoms with Crippen molar-refractivity contribution in [3.8, 4) is 10.7 Å². The van der Waals surface area contributed by atoms with Gasteiger partial charge in [0.25, 0.3) is 16.4 Å². The first-order valence-corrected chi connectivity index (χ1v) is 20.2. The van der Waals surface area contributed by atoms with Gasteiger partial charge in [0.15, 0.2) is 10.0 Å². The summed E-state index contributed by atoms with van der Waals surface area (Å²) in [6.45, 7) is 15.6. The monoisotopic (exact) mass is 664 g/mol. The average molecular weight is 665 g/mol. The number of nitrogens with zero attached hydrogens (tertiary/aromatic N) is 10. The lowest BCUT2D eigenvalue weighted by molar-refractivity contribution is 0.0642. The molecule has 0 radical (unpaired) electrons. The predicted octanol–water partition coefficient (Wildman–Crippen LogP) is 6.02. The highest BCUT2D eigenvalue weighted by molar-refractivity contribution is 7.89. The Morgan fingerprint density at radius 3 is 2.55 bits per heavy atom. The molecule has 2 aromatic heterocycles. The second-order valence-corrected chi connectivity index (χ2v) is 20.8. The van der Waals surface area contributed by atoms with Crippen LogP contribution in [0.25, 0.3) is 36.9 Å². The summed E-state index contributed by atoms with van der Waals surface area (Å²) in [5, 5.41) is 16.0. The molecule has 0 amide bonds. The zero-order valence-corrected chi connectivity index (χ0v) is 27.6. The fourth-order valence-electron chi connectivity index (χ4n) is 5.22. The van der Waals surface area contributed by atoms with Gasteiger partial charge in [-0.05, 0) is 36.5 Å². The zero-order valence-electron chi connectivity index (χ0n) is 24.9. The third kappa shape index (κ3) is 6.44. The fraction of sp³-hybridized carbons (Fsp3) is 0.615. The number of halogens is 2. The van der Waals surface area contributed by atoms with Gasteiger partial charge in [-0.25, -0.2) is 23.8 Å². The molecule has 13 nitrogen and oxygen atoms in total. The van der Waals surface area contributed by atoms with E-state index in [9.17, 15) is 17.2 Å². The van der Waals surface area contributed by atoms with Crippen molar-refractivity contribution < 1.29 is 21.9 Å². The molecule has 5 rings (SSSR count). The maximum absolute atomic E-state index is 14.4. The fourth-order valence-corrected chi connectivity index (χ4v) is 8.35. The second-order valence-electron chi connectivity index (χ2n) is 12.3. The number of aromatic nitrogens is 4. The van der Waals surface area contributed by atoms with Crippen LogP contribution < -0.4 is 4.90 Å². The summed E-state index contributed by atoms with van der Waals surface area (Å²) >= 11 is 0.698. The summed E-state index contributed by atoms with van der Waals surface area (Å²) < 4.78 is 64.2. The largest absolute Gasteiger partial charge is 0.370 e. The Morgan fingerprint density at radius 1 is 1.27 bits per heavy atom. The van der Waals surface area contributed by atoms with Crippen molar-refractivity contribution in [2.24, 2.45) is 12.2 Å². The molecule has 0 unspecified atom stereocenters. The van der Waals surface area contributed by atoms with Gasteiger partial charge < -0.3 is 9.64 Å². The van der Waals surface area contributed by atoms with E-state index in [2.05, 4.69) is 49.8 Å². The number of alkyl halides is 2. The highest BCUT2D eigenvalue weighted by Gasteiger charge is 2.61. The van der Waals surface area contributed by atoms with Gasteiger partial charge in [0.05, 0.1) is 28.9 Å². The van der Waals surface area contributed by atoms with E-state index >= 15 is 0 Å². The zero-order chi connectivity index (χ0) is 31.9. The minimum Gasteiger partial charge on any atom is -0.370 e. The molecule has 1 aromatic carbocycles. The van der Waals surface area contributed by atoms with Gasteiger partial charge >= 0.3 is 5.66 Å². The van der Waals surface area contributed by atoms with Crippen molar-refractivity contribution in [2.45, 2.75) is 74.4 Å². The standard InChI is InChI=1S/C26H34F2N10O3S2Si/c1-30-26(8-9-26)38(16-41-12-13-44(3,4)5)43(39,40)18-14-19-21(24-32-33-25(42-24)23(27)28)34-36(2)22(19)20(15-18)37-10-6-17(7-11-37)31-35-29/h14-15,17,23H,6-13,16H2,2-5H3. The van der Waals surface area contributed by atoms with Crippen molar-refractivity contribution in [1.29, 1.82) is 0 Å². The number of fused-ring (bicyclic) bond motifs is 1. The molecule has 1 saturated carbocycles. The maximum Gasteiger partial charge on any atom is 0.303 e. The lowest BCUT2D eigenvalue weighted by Crippen LogP contribution is -2.42. The Bertz CT molecular complexity index is 1730. The highest BCUT2D eigenvalue weighted by atomic mass is 32.2. The van der Waals surface area contributed by atoms with E-state index in [1.165, 1.54) is 6.07 Å². The van der Waals surface area contributed by atoms with Gasteiger partial charge in [0, 0.05) is 51.2 Å². The SMILES string of the molecule is [C-]#[N+]C1(N(COCC[Si](C)(C)C)S(=O)(=O)c2cc(N3CCC(N=[N+]=[N-])CC3)c3c(c2)c(-c2nnc(C(F)F)s2)nn3C)CC1. The topological polar surface area (TPSA) is 147 Å². The molecule has 0 spiro atoms. The first-order chi connectivity index (χ1) is 20.8. The minimum absolute atomic E-state index is 0.0614. The molecule has 3 heterocycles. The lowest BCUT2D eigenvalue weighted by Gasteiger charge is -2.33. The molecular weight excluding hydrogens is 631 g/mol. The normalized spacial score (nSPS) is 17.3. The van der Waals surface area contributed by atoms with Crippen LogP contribution in [-0.4, -0.2) is 78.9 Å². The second kappa shape index (κ2) is 12.3. The van der Waals surface area contributed by atoms with Crippen LogP contribution in [0.2, 0.25) is 25.7 Å². The summed E-state index contributed by atoms with van der Waals surface area (Å²) in [5.74, 6) is 0. The summed E-state index contributed by atoms with van der Waals surface area (Å²) in [6, 6.07) is 3.72. The third-order valence-electron chi connectivity index (χ3n) is 7.90. The Kier molecular flexibility index (Phi) is 9.00. The quantitative estimate of drug-likeness (QED) is 0.0438. The Morgan fingerprint density at radius 2 is 1.98 bits per heavy atom. The van der Waals surface area contributed by atoms with Crippen LogP contribution in [0.4, 0.5) is 14.5 Å². The van der Waals surface area contributed by atoms with Crippen LogP contribution in [0.15, 0.2) is 22.1 Å². The third-order valence-corrected chi connectivity index (χ3v) is 12.4. The van der Waals surface area contributed by atoms with Crippen LogP contribution in [0.1, 0.15) is 37.1 Å². The Labute approximate surface area is 259 Å². The van der Waals surface area contributed by atoms with Crippen LogP contribution in [0.5, 0.6) is 0 Å². The van der Waals surface area contributed by atoms with Gasteiger partial charge in [0.2, 0.25) is 0 Å². The first kappa shape index (κ1) is 32.2. The highest BCUT2D eigenvalue weighted by Crippen LogP contribution is 2.47. The molecule has 44 heavy (non-hydrogen) atoms. The number of aryl methyl sites for hydroxylation is 1. The molecule has 1 aliphatic heterocycles. The molecule has 3 aromatic rings. The molecule has 0 N–H and O–H groups in total. The van der Waals surface area contributed by atoms with E-state index in [1.54, 1.807) is 17.8 Å². The molecule has 0 atom stereocenters. The van der Waals surface area contributed by atoms with Crippen LogP contribution in [0, 0.1) is 6.57 Å². The van der Waals surface area contributed by atoms with Gasteiger partial charge in [-0.15, -0.1) is 10.2 Å². The molecule has 1 saturated heterocycles. The first-order valence-electron chi connectivity index (χ1n) is 14.2. The van der Waals surface area contributed by atoms with Crippen molar-refractivity contribution in [3.05, 3.63) is 39.0 Å². The number of azide groups is 1. The summed E-state index contributed by atoms with van der Waals surface area (Å²) in [6.07, 6.45) is -0.875.